The zero-order chi connectivity index (χ0) is 12.9. The van der Waals surface area contributed by atoms with Gasteiger partial charge in [-0.2, -0.15) is 10.5 Å². The molecule has 1 rings (SSSR count). The standard InChI is InChI=1S/C11H8ClN3OS/c1-17(16,15-8-9(6-13)7-14)11-4-2-10(12)3-5-11/h2-5,8H,1H3/t17-/m0/s1. The predicted molar refractivity (Wildman–Crippen MR) is 65.5 cm³/mol. The molecular formula is C11H8ClN3OS. The van der Waals surface area contributed by atoms with Gasteiger partial charge in [-0.3, -0.25) is 0 Å². The van der Waals surface area contributed by atoms with Crippen molar-refractivity contribution in [3.05, 3.63) is 41.1 Å². The maximum Gasteiger partial charge on any atom is 0.148 e. The van der Waals surface area contributed by atoms with Crippen molar-refractivity contribution >= 4 is 21.3 Å². The van der Waals surface area contributed by atoms with E-state index in [9.17, 15) is 4.21 Å². The van der Waals surface area contributed by atoms with Crippen LogP contribution in [0.15, 0.2) is 45.3 Å². The van der Waals surface area contributed by atoms with Crippen LogP contribution in [0.1, 0.15) is 0 Å². The largest absolute Gasteiger partial charge is 0.245 e. The number of allylic oxidation sites excluding steroid dienone is 1. The first-order valence-corrected chi connectivity index (χ1v) is 6.77. The number of hydrogen-bond donors (Lipinski definition) is 0. The number of rotatable bonds is 2. The molecule has 0 fully saturated rings. The zero-order valence-corrected chi connectivity index (χ0v) is 10.5. The van der Waals surface area contributed by atoms with Crippen LogP contribution in [-0.2, 0) is 9.73 Å². The van der Waals surface area contributed by atoms with E-state index in [-0.39, 0.29) is 5.57 Å². The number of nitriles is 2. The summed E-state index contributed by atoms with van der Waals surface area (Å²) in [6, 6.07) is 9.70. The lowest BCUT2D eigenvalue weighted by molar-refractivity contribution is 0.680. The normalized spacial score (nSPS) is 12.7. The number of benzene rings is 1. The van der Waals surface area contributed by atoms with Crippen molar-refractivity contribution in [2.75, 3.05) is 6.26 Å². The van der Waals surface area contributed by atoms with E-state index in [0.29, 0.717) is 9.92 Å². The Morgan fingerprint density at radius 3 is 2.35 bits per heavy atom. The SMILES string of the molecule is C[S@@](=O)(=NC=C(C#N)C#N)c1ccc(Cl)cc1. The molecule has 86 valence electrons. The molecule has 0 spiro atoms. The van der Waals surface area contributed by atoms with Crippen LogP contribution in [0.2, 0.25) is 5.02 Å². The van der Waals surface area contributed by atoms with Gasteiger partial charge in [0, 0.05) is 16.2 Å². The molecule has 0 N–H and O–H groups in total. The Kier molecular flexibility index (Phi) is 4.28. The van der Waals surface area contributed by atoms with E-state index < -0.39 is 9.73 Å². The van der Waals surface area contributed by atoms with Crippen LogP contribution < -0.4 is 0 Å². The second kappa shape index (κ2) is 5.49. The van der Waals surface area contributed by atoms with E-state index in [4.69, 9.17) is 22.1 Å². The first-order chi connectivity index (χ1) is 7.99. The molecule has 17 heavy (non-hydrogen) atoms. The van der Waals surface area contributed by atoms with Crippen molar-refractivity contribution in [3.63, 3.8) is 0 Å². The lowest BCUT2D eigenvalue weighted by Crippen LogP contribution is -1.96. The lowest BCUT2D eigenvalue weighted by atomic mass is 10.4. The Morgan fingerprint density at radius 1 is 1.35 bits per heavy atom. The third-order valence-corrected chi connectivity index (χ3v) is 3.78. The minimum atomic E-state index is -2.65. The van der Waals surface area contributed by atoms with Crippen LogP contribution in [-0.4, -0.2) is 10.5 Å². The van der Waals surface area contributed by atoms with Crippen LogP contribution in [0.4, 0.5) is 0 Å². The van der Waals surface area contributed by atoms with Crippen LogP contribution in [0.5, 0.6) is 0 Å². The monoisotopic (exact) mass is 265 g/mol. The summed E-state index contributed by atoms with van der Waals surface area (Å²) in [5.74, 6) is 0. The highest BCUT2D eigenvalue weighted by molar-refractivity contribution is 7.93. The van der Waals surface area contributed by atoms with Crippen LogP contribution in [0.3, 0.4) is 0 Å². The van der Waals surface area contributed by atoms with Crippen molar-refractivity contribution in [1.29, 1.82) is 10.5 Å². The minimum absolute atomic E-state index is 0.187. The van der Waals surface area contributed by atoms with Gasteiger partial charge in [0.2, 0.25) is 0 Å². The Balaban J connectivity index is 3.22. The third kappa shape index (κ3) is 3.60. The zero-order valence-electron chi connectivity index (χ0n) is 8.92. The number of nitrogens with zero attached hydrogens (tertiary/aromatic N) is 3. The molecule has 0 bridgehead atoms. The quantitative estimate of drug-likeness (QED) is 0.772. The summed E-state index contributed by atoms with van der Waals surface area (Å²) >= 11 is 5.71. The Labute approximate surface area is 105 Å². The Bertz CT molecular complexity index is 625. The van der Waals surface area contributed by atoms with Gasteiger partial charge in [0.1, 0.15) is 17.7 Å². The van der Waals surface area contributed by atoms with Gasteiger partial charge in [-0.25, -0.2) is 8.57 Å². The van der Waals surface area contributed by atoms with Crippen LogP contribution >= 0.6 is 11.6 Å². The second-order valence-corrected chi connectivity index (χ2v) is 5.85. The second-order valence-electron chi connectivity index (χ2n) is 3.13. The summed E-state index contributed by atoms with van der Waals surface area (Å²) in [7, 11) is -2.65. The van der Waals surface area contributed by atoms with E-state index in [1.54, 1.807) is 36.4 Å². The molecule has 0 amide bonds. The molecule has 0 unspecified atom stereocenters. The van der Waals surface area contributed by atoms with Gasteiger partial charge in [0.15, 0.2) is 0 Å². The molecule has 0 saturated heterocycles. The molecule has 0 aliphatic rings. The van der Waals surface area contributed by atoms with Crippen molar-refractivity contribution in [2.45, 2.75) is 4.90 Å². The predicted octanol–water partition coefficient (Wildman–Crippen LogP) is 2.73. The average Bonchev–Trinajstić information content (AvgIpc) is 2.31. The molecule has 1 aromatic rings. The highest BCUT2D eigenvalue weighted by Crippen LogP contribution is 2.16. The summed E-state index contributed by atoms with van der Waals surface area (Å²) in [5, 5.41) is 17.6. The summed E-state index contributed by atoms with van der Waals surface area (Å²) in [6.07, 6.45) is 2.45. The van der Waals surface area contributed by atoms with E-state index in [1.807, 2.05) is 0 Å². The van der Waals surface area contributed by atoms with Gasteiger partial charge in [-0.15, -0.1) is 0 Å². The van der Waals surface area contributed by atoms with Crippen molar-refractivity contribution < 1.29 is 4.21 Å². The van der Waals surface area contributed by atoms with Crippen LogP contribution in [0, 0.1) is 22.7 Å². The third-order valence-electron chi connectivity index (χ3n) is 1.87. The van der Waals surface area contributed by atoms with E-state index in [2.05, 4.69) is 4.36 Å². The molecule has 6 heteroatoms. The number of halogens is 1. The molecule has 0 aliphatic carbocycles. The topological polar surface area (TPSA) is 77.0 Å². The van der Waals surface area contributed by atoms with Crippen molar-refractivity contribution in [1.82, 2.24) is 0 Å². The fourth-order valence-corrected chi connectivity index (χ4v) is 2.18. The maximum absolute atomic E-state index is 12.2. The maximum atomic E-state index is 12.2. The van der Waals surface area contributed by atoms with Gasteiger partial charge in [-0.05, 0) is 24.3 Å². The molecule has 0 aromatic heterocycles. The van der Waals surface area contributed by atoms with Gasteiger partial charge >= 0.3 is 0 Å². The number of hydrogen-bond acceptors (Lipinski definition) is 4. The summed E-state index contributed by atoms with van der Waals surface area (Å²) in [4.78, 5) is 0.494. The van der Waals surface area contributed by atoms with Crippen molar-refractivity contribution in [2.24, 2.45) is 4.36 Å². The molecular weight excluding hydrogens is 258 g/mol. The van der Waals surface area contributed by atoms with Gasteiger partial charge < -0.3 is 0 Å². The molecule has 4 nitrogen and oxygen atoms in total. The van der Waals surface area contributed by atoms with Crippen LogP contribution in [0.25, 0.3) is 0 Å². The summed E-state index contributed by atoms with van der Waals surface area (Å²) in [5.41, 5.74) is -0.187. The Morgan fingerprint density at radius 2 is 1.88 bits per heavy atom. The lowest BCUT2D eigenvalue weighted by Gasteiger charge is -2.02. The van der Waals surface area contributed by atoms with Gasteiger partial charge in [-0.1, -0.05) is 11.6 Å². The molecule has 0 saturated carbocycles. The van der Waals surface area contributed by atoms with E-state index in [1.165, 1.54) is 6.26 Å². The highest BCUT2D eigenvalue weighted by Gasteiger charge is 2.04. The van der Waals surface area contributed by atoms with E-state index >= 15 is 0 Å². The fraction of sp³-hybridized carbons (Fsp3) is 0.0909. The first-order valence-electron chi connectivity index (χ1n) is 4.47. The molecule has 0 aliphatic heterocycles. The van der Waals surface area contributed by atoms with Gasteiger partial charge in [0.25, 0.3) is 0 Å². The molecule has 1 atom stereocenters. The van der Waals surface area contributed by atoms with Crippen molar-refractivity contribution in [3.8, 4) is 12.1 Å². The minimum Gasteiger partial charge on any atom is -0.245 e. The van der Waals surface area contributed by atoms with Gasteiger partial charge in [0.05, 0.1) is 15.9 Å². The molecule has 0 heterocycles. The van der Waals surface area contributed by atoms with E-state index in [0.717, 1.165) is 6.20 Å². The average molecular weight is 266 g/mol. The first kappa shape index (κ1) is 13.2. The smallest absolute Gasteiger partial charge is 0.148 e. The summed E-state index contributed by atoms with van der Waals surface area (Å²) in [6.45, 7) is 0. The highest BCUT2D eigenvalue weighted by atomic mass is 35.5. The fourth-order valence-electron chi connectivity index (χ4n) is 0.984. The Hall–Kier alpha value is -1.82. The molecule has 1 aromatic carbocycles. The summed E-state index contributed by atoms with van der Waals surface area (Å²) < 4.78 is 15.9. The molecule has 0 radical (unpaired) electrons.